The molecule has 9 rings (SSSR count). The van der Waals surface area contributed by atoms with Gasteiger partial charge in [-0.3, -0.25) is 0 Å². The van der Waals surface area contributed by atoms with E-state index in [0.29, 0.717) is 5.89 Å². The molecule has 48 heavy (non-hydrogen) atoms. The van der Waals surface area contributed by atoms with Crippen molar-refractivity contribution in [2.24, 2.45) is 0 Å². The quantitative estimate of drug-likeness (QED) is 0.174. The molecule has 0 amide bonds. The van der Waals surface area contributed by atoms with Crippen molar-refractivity contribution >= 4 is 76.7 Å². The van der Waals surface area contributed by atoms with Crippen molar-refractivity contribution in [1.82, 2.24) is 4.98 Å². The fraction of sp³-hybridized carbons (Fsp3) is 0. The van der Waals surface area contributed by atoms with Crippen molar-refractivity contribution in [1.29, 1.82) is 0 Å². The fourth-order valence-corrected chi connectivity index (χ4v) is 7.70. The van der Waals surface area contributed by atoms with Gasteiger partial charge in [-0.25, -0.2) is 4.98 Å². The molecule has 0 unspecified atom stereocenters. The molecule has 0 bridgehead atoms. The maximum Gasteiger partial charge on any atom is 0.227 e. The molecule has 0 atom stereocenters. The molecule has 0 fully saturated rings. The topological polar surface area (TPSA) is 32.5 Å². The van der Waals surface area contributed by atoms with Gasteiger partial charge in [0.1, 0.15) is 5.52 Å². The normalized spacial score (nSPS) is 11.3. The van der Waals surface area contributed by atoms with Gasteiger partial charge < -0.3 is 14.2 Å². The monoisotopic (exact) mass is 635 g/mol. The van der Waals surface area contributed by atoms with Gasteiger partial charge in [0.05, 0.1) is 21.8 Å². The number of hydrogen-bond donors (Lipinski definition) is 0. The smallest absolute Gasteiger partial charge is 0.227 e. The van der Waals surface area contributed by atoms with Crippen LogP contribution in [0, 0.1) is 0 Å². The van der Waals surface area contributed by atoms with Crippen molar-refractivity contribution < 1.29 is 4.42 Å². The Balaban J connectivity index is 1.37. The second kappa shape index (κ2) is 11.9. The molecule has 4 nitrogen and oxygen atoms in total. The van der Waals surface area contributed by atoms with Gasteiger partial charge in [-0.05, 0) is 72.8 Å². The minimum absolute atomic E-state index is 0.586. The van der Waals surface area contributed by atoms with Crippen LogP contribution in [0.15, 0.2) is 180 Å². The predicted octanol–water partition coefficient (Wildman–Crippen LogP) is 12.8. The Bertz CT molecular complexity index is 2470. The van der Waals surface area contributed by atoms with Crippen LogP contribution in [-0.4, -0.2) is 4.98 Å². The Morgan fingerprint density at radius 2 is 1.02 bits per heavy atom. The third-order valence-electron chi connectivity index (χ3n) is 8.64. The first-order valence-electron chi connectivity index (χ1n) is 16.0. The number of nitrogens with zero attached hydrogens (tertiary/aromatic N) is 3. The van der Waals surface area contributed by atoms with Crippen molar-refractivity contribution in [2.75, 3.05) is 9.80 Å². The van der Waals surface area contributed by atoms with Crippen LogP contribution in [0.4, 0.5) is 34.1 Å². The van der Waals surface area contributed by atoms with Crippen LogP contribution in [0.5, 0.6) is 0 Å². The van der Waals surface area contributed by atoms with Crippen molar-refractivity contribution in [3.63, 3.8) is 0 Å². The first-order chi connectivity index (χ1) is 23.8. The highest BCUT2D eigenvalue weighted by Crippen LogP contribution is 2.49. The molecular formula is C43H29N3OS. The molecule has 2 aromatic heterocycles. The molecule has 0 aliphatic heterocycles. The Kier molecular flexibility index (Phi) is 6.95. The van der Waals surface area contributed by atoms with Crippen LogP contribution in [0.25, 0.3) is 42.7 Å². The van der Waals surface area contributed by atoms with Gasteiger partial charge >= 0.3 is 0 Å². The predicted molar refractivity (Wildman–Crippen MR) is 202 cm³/mol. The lowest BCUT2D eigenvalue weighted by Gasteiger charge is -2.29. The van der Waals surface area contributed by atoms with E-state index in [2.05, 4.69) is 143 Å². The SMILES string of the molecule is c1ccc(-c2nc3cc(N(c4ccccc4)c4ccccc4)cc(N(c4ccccc4)c4cccc5c4sc4ccccc45)c3o2)cc1. The third kappa shape index (κ3) is 4.89. The minimum atomic E-state index is 0.586. The molecule has 2 heterocycles. The molecule has 0 spiro atoms. The number of thiophene rings is 1. The minimum Gasteiger partial charge on any atom is -0.434 e. The van der Waals surface area contributed by atoms with Gasteiger partial charge in [0, 0.05) is 38.1 Å². The second-order valence-corrected chi connectivity index (χ2v) is 12.7. The summed E-state index contributed by atoms with van der Waals surface area (Å²) >= 11 is 1.82. The number of hydrogen-bond acceptors (Lipinski definition) is 5. The molecule has 0 saturated carbocycles. The van der Waals surface area contributed by atoms with Crippen molar-refractivity contribution in [2.45, 2.75) is 0 Å². The highest BCUT2D eigenvalue weighted by Gasteiger charge is 2.25. The van der Waals surface area contributed by atoms with E-state index in [9.17, 15) is 0 Å². The molecule has 228 valence electrons. The zero-order chi connectivity index (χ0) is 31.9. The van der Waals surface area contributed by atoms with E-state index in [1.54, 1.807) is 0 Å². The average Bonchev–Trinajstić information content (AvgIpc) is 3.76. The number of para-hydroxylation sites is 3. The van der Waals surface area contributed by atoms with Gasteiger partial charge in [-0.15, -0.1) is 11.3 Å². The highest BCUT2D eigenvalue weighted by atomic mass is 32.1. The standard InChI is InChI=1S/C43H29N3OS/c1-5-16-30(17-6-1)43-44-37-28-34(45(31-18-7-2-8-19-31)32-20-9-3-10-21-32)29-39(41(37)47-43)46(33-22-11-4-12-23-33)38-26-15-25-36-35-24-13-14-27-40(35)48-42(36)38/h1-29H. The first kappa shape index (κ1) is 28.1. The fourth-order valence-electron chi connectivity index (χ4n) is 6.49. The summed E-state index contributed by atoms with van der Waals surface area (Å²) in [6.45, 7) is 0. The van der Waals surface area contributed by atoms with Crippen LogP contribution in [0.1, 0.15) is 0 Å². The van der Waals surface area contributed by atoms with E-state index in [1.165, 1.54) is 20.2 Å². The summed E-state index contributed by atoms with van der Waals surface area (Å²) in [5.41, 5.74) is 8.55. The van der Waals surface area contributed by atoms with E-state index in [4.69, 9.17) is 9.40 Å². The van der Waals surface area contributed by atoms with Crippen LogP contribution in [0.3, 0.4) is 0 Å². The zero-order valence-electron chi connectivity index (χ0n) is 25.9. The molecule has 9 aromatic rings. The van der Waals surface area contributed by atoms with E-state index >= 15 is 0 Å². The first-order valence-corrected chi connectivity index (χ1v) is 16.8. The van der Waals surface area contributed by atoms with Crippen molar-refractivity contribution in [3.8, 4) is 11.5 Å². The van der Waals surface area contributed by atoms with Crippen molar-refractivity contribution in [3.05, 3.63) is 176 Å². The Morgan fingerprint density at radius 3 is 1.69 bits per heavy atom. The molecule has 5 heteroatoms. The molecule has 7 aromatic carbocycles. The number of benzene rings is 7. The van der Waals surface area contributed by atoms with Crippen LogP contribution in [0.2, 0.25) is 0 Å². The van der Waals surface area contributed by atoms with E-state index < -0.39 is 0 Å². The van der Waals surface area contributed by atoms with E-state index in [-0.39, 0.29) is 0 Å². The average molecular weight is 636 g/mol. The number of oxazole rings is 1. The second-order valence-electron chi connectivity index (χ2n) is 11.6. The van der Waals surface area contributed by atoms with E-state index in [1.807, 2.05) is 53.8 Å². The highest BCUT2D eigenvalue weighted by molar-refractivity contribution is 7.26. The van der Waals surface area contributed by atoms with Gasteiger partial charge in [0.25, 0.3) is 0 Å². The third-order valence-corrected chi connectivity index (χ3v) is 9.85. The molecule has 0 radical (unpaired) electrons. The maximum absolute atomic E-state index is 6.76. The number of anilines is 6. The van der Waals surface area contributed by atoms with Gasteiger partial charge in [0.15, 0.2) is 5.58 Å². The molecule has 0 N–H and O–H groups in total. The largest absolute Gasteiger partial charge is 0.434 e. The molecule has 0 aliphatic rings. The molecule has 0 saturated heterocycles. The number of aromatic nitrogens is 1. The lowest BCUT2D eigenvalue weighted by molar-refractivity contribution is 0.620. The van der Waals surface area contributed by atoms with Gasteiger partial charge in [-0.1, -0.05) is 103 Å². The lowest BCUT2D eigenvalue weighted by atomic mass is 10.1. The summed E-state index contributed by atoms with van der Waals surface area (Å²) in [7, 11) is 0. The summed E-state index contributed by atoms with van der Waals surface area (Å²) < 4.78 is 9.23. The van der Waals surface area contributed by atoms with Crippen LogP contribution < -0.4 is 9.80 Å². The summed E-state index contributed by atoms with van der Waals surface area (Å²) in [4.78, 5) is 9.74. The maximum atomic E-state index is 6.76. The van der Waals surface area contributed by atoms with Gasteiger partial charge in [-0.2, -0.15) is 0 Å². The number of fused-ring (bicyclic) bond motifs is 4. The Labute approximate surface area is 282 Å². The summed E-state index contributed by atoms with van der Waals surface area (Å²) in [6.07, 6.45) is 0. The van der Waals surface area contributed by atoms with Crippen LogP contribution in [-0.2, 0) is 0 Å². The summed E-state index contributed by atoms with van der Waals surface area (Å²) in [6, 6.07) is 61.2. The van der Waals surface area contributed by atoms with E-state index in [0.717, 1.165) is 50.8 Å². The number of rotatable bonds is 7. The lowest BCUT2D eigenvalue weighted by Crippen LogP contribution is -2.13. The molecule has 0 aliphatic carbocycles. The Morgan fingerprint density at radius 1 is 0.458 bits per heavy atom. The van der Waals surface area contributed by atoms with Crippen LogP contribution >= 0.6 is 11.3 Å². The zero-order valence-corrected chi connectivity index (χ0v) is 26.7. The Hall–Kier alpha value is -6.17. The van der Waals surface area contributed by atoms with Gasteiger partial charge in [0.2, 0.25) is 5.89 Å². The molecular weight excluding hydrogens is 607 g/mol. The summed E-state index contributed by atoms with van der Waals surface area (Å²) in [5.74, 6) is 0.586. The summed E-state index contributed by atoms with van der Waals surface area (Å²) in [5, 5.41) is 2.50.